The first-order valence-corrected chi connectivity index (χ1v) is 5.95. The standard InChI is InChI=1S/C11H12BrClO/c1-7-2-3-11(10(12)4-7)14-9-5-8(13)6-9/h2-4,8-9H,5-6H2,1H3. The van der Waals surface area contributed by atoms with E-state index in [1.807, 2.05) is 6.07 Å². The summed E-state index contributed by atoms with van der Waals surface area (Å²) in [4.78, 5) is 0. The summed E-state index contributed by atoms with van der Waals surface area (Å²) >= 11 is 9.37. The van der Waals surface area contributed by atoms with Crippen LogP contribution in [0.4, 0.5) is 0 Å². The molecule has 1 nitrogen and oxygen atoms in total. The molecule has 0 saturated heterocycles. The van der Waals surface area contributed by atoms with Crippen molar-refractivity contribution in [2.24, 2.45) is 0 Å². The van der Waals surface area contributed by atoms with Gasteiger partial charge in [-0.1, -0.05) is 6.07 Å². The Balaban J connectivity index is 2.02. The van der Waals surface area contributed by atoms with Crippen LogP contribution in [0.5, 0.6) is 5.75 Å². The van der Waals surface area contributed by atoms with Crippen molar-refractivity contribution < 1.29 is 4.74 Å². The second kappa shape index (κ2) is 4.11. The molecule has 0 heterocycles. The monoisotopic (exact) mass is 274 g/mol. The van der Waals surface area contributed by atoms with Gasteiger partial charge in [0.1, 0.15) is 11.9 Å². The Kier molecular flexibility index (Phi) is 3.03. The molecule has 1 fully saturated rings. The third-order valence-electron chi connectivity index (χ3n) is 2.42. The van der Waals surface area contributed by atoms with E-state index in [-0.39, 0.29) is 0 Å². The van der Waals surface area contributed by atoms with Crippen LogP contribution in [0, 0.1) is 6.92 Å². The van der Waals surface area contributed by atoms with Gasteiger partial charge in [-0.2, -0.15) is 0 Å². The lowest BCUT2D eigenvalue weighted by atomic mass is 9.95. The van der Waals surface area contributed by atoms with Crippen LogP contribution in [0.3, 0.4) is 0 Å². The van der Waals surface area contributed by atoms with Crippen LogP contribution >= 0.6 is 27.5 Å². The molecule has 2 rings (SSSR count). The predicted molar refractivity (Wildman–Crippen MR) is 62.2 cm³/mol. The van der Waals surface area contributed by atoms with Crippen molar-refractivity contribution in [2.45, 2.75) is 31.2 Å². The third-order valence-corrected chi connectivity index (χ3v) is 3.39. The summed E-state index contributed by atoms with van der Waals surface area (Å²) in [7, 11) is 0. The number of hydrogen-bond acceptors (Lipinski definition) is 1. The number of halogens is 2. The highest BCUT2D eigenvalue weighted by Crippen LogP contribution is 2.33. The van der Waals surface area contributed by atoms with Crippen molar-refractivity contribution in [1.82, 2.24) is 0 Å². The molecule has 0 aromatic heterocycles. The molecule has 0 amide bonds. The second-order valence-electron chi connectivity index (χ2n) is 3.74. The Morgan fingerprint density at radius 1 is 1.43 bits per heavy atom. The van der Waals surface area contributed by atoms with E-state index in [4.69, 9.17) is 16.3 Å². The van der Waals surface area contributed by atoms with Crippen LogP contribution in [-0.2, 0) is 0 Å². The van der Waals surface area contributed by atoms with Gasteiger partial charge in [0, 0.05) is 18.2 Å². The first kappa shape index (κ1) is 10.3. The summed E-state index contributed by atoms with van der Waals surface area (Å²) < 4.78 is 6.80. The molecule has 1 saturated carbocycles. The first-order chi connectivity index (χ1) is 6.65. The quantitative estimate of drug-likeness (QED) is 0.744. The van der Waals surface area contributed by atoms with E-state index in [1.54, 1.807) is 0 Å². The topological polar surface area (TPSA) is 9.23 Å². The molecule has 0 bridgehead atoms. The number of benzene rings is 1. The summed E-state index contributed by atoms with van der Waals surface area (Å²) in [5.74, 6) is 0.921. The molecule has 0 unspecified atom stereocenters. The van der Waals surface area contributed by atoms with Gasteiger partial charge in [0.15, 0.2) is 0 Å². The fourth-order valence-electron chi connectivity index (χ4n) is 1.48. The zero-order valence-electron chi connectivity index (χ0n) is 7.97. The van der Waals surface area contributed by atoms with Gasteiger partial charge in [-0.3, -0.25) is 0 Å². The molecular formula is C11H12BrClO. The van der Waals surface area contributed by atoms with Gasteiger partial charge >= 0.3 is 0 Å². The van der Waals surface area contributed by atoms with Crippen LogP contribution in [-0.4, -0.2) is 11.5 Å². The first-order valence-electron chi connectivity index (χ1n) is 4.72. The molecule has 1 aromatic carbocycles. The van der Waals surface area contributed by atoms with Crippen molar-refractivity contribution in [1.29, 1.82) is 0 Å². The zero-order chi connectivity index (χ0) is 10.1. The molecule has 14 heavy (non-hydrogen) atoms. The van der Waals surface area contributed by atoms with E-state index < -0.39 is 0 Å². The van der Waals surface area contributed by atoms with Crippen molar-refractivity contribution >= 4 is 27.5 Å². The molecule has 0 N–H and O–H groups in total. The molecule has 0 atom stereocenters. The van der Waals surface area contributed by atoms with Gasteiger partial charge in [-0.25, -0.2) is 0 Å². The minimum absolute atomic E-state index is 0.302. The summed E-state index contributed by atoms with van der Waals surface area (Å²) in [6.45, 7) is 2.06. The number of ether oxygens (including phenoxy) is 1. The third kappa shape index (κ3) is 2.23. The van der Waals surface area contributed by atoms with Gasteiger partial charge in [-0.15, -0.1) is 11.6 Å². The average Bonchev–Trinajstić information content (AvgIpc) is 2.06. The van der Waals surface area contributed by atoms with Crippen LogP contribution in [0.2, 0.25) is 0 Å². The number of alkyl halides is 1. The number of rotatable bonds is 2. The van der Waals surface area contributed by atoms with Crippen molar-refractivity contribution in [3.63, 3.8) is 0 Å². The van der Waals surface area contributed by atoms with Crippen LogP contribution in [0.25, 0.3) is 0 Å². The Morgan fingerprint density at radius 3 is 2.71 bits per heavy atom. The average molecular weight is 276 g/mol. The van der Waals surface area contributed by atoms with E-state index in [1.165, 1.54) is 5.56 Å². The fourth-order valence-corrected chi connectivity index (χ4v) is 2.46. The maximum atomic E-state index is 5.88. The Morgan fingerprint density at radius 2 is 2.14 bits per heavy atom. The predicted octanol–water partition coefficient (Wildman–Crippen LogP) is 3.91. The lowest BCUT2D eigenvalue weighted by Crippen LogP contribution is -2.34. The summed E-state index contributed by atoms with van der Waals surface area (Å²) in [5.41, 5.74) is 1.23. The SMILES string of the molecule is Cc1ccc(OC2CC(Cl)C2)c(Br)c1. The highest BCUT2D eigenvalue weighted by Gasteiger charge is 2.29. The van der Waals surface area contributed by atoms with Crippen LogP contribution in [0.1, 0.15) is 18.4 Å². The normalized spacial score (nSPS) is 25.6. The summed E-state index contributed by atoms with van der Waals surface area (Å²) in [5, 5.41) is 0.309. The van der Waals surface area contributed by atoms with Crippen molar-refractivity contribution in [3.05, 3.63) is 28.2 Å². The highest BCUT2D eigenvalue weighted by atomic mass is 79.9. The molecule has 1 aliphatic carbocycles. The maximum Gasteiger partial charge on any atom is 0.133 e. The minimum Gasteiger partial charge on any atom is -0.489 e. The van der Waals surface area contributed by atoms with Crippen LogP contribution < -0.4 is 4.74 Å². The lowest BCUT2D eigenvalue weighted by Gasteiger charge is -2.31. The van der Waals surface area contributed by atoms with Crippen LogP contribution in [0.15, 0.2) is 22.7 Å². The molecule has 1 aliphatic rings. The number of hydrogen-bond donors (Lipinski definition) is 0. The van der Waals surface area contributed by atoms with Gasteiger partial charge in [0.2, 0.25) is 0 Å². The largest absolute Gasteiger partial charge is 0.489 e. The Hall–Kier alpha value is -0.210. The Labute approximate surface area is 97.5 Å². The van der Waals surface area contributed by atoms with Gasteiger partial charge in [0.05, 0.1) is 4.47 Å². The van der Waals surface area contributed by atoms with Crippen molar-refractivity contribution in [2.75, 3.05) is 0 Å². The minimum atomic E-state index is 0.302. The number of aryl methyl sites for hydroxylation is 1. The summed E-state index contributed by atoms with van der Waals surface area (Å²) in [6, 6.07) is 6.12. The molecule has 3 heteroatoms. The van der Waals surface area contributed by atoms with E-state index >= 15 is 0 Å². The molecular weight excluding hydrogens is 263 g/mol. The molecule has 76 valence electrons. The molecule has 1 aromatic rings. The molecule has 0 spiro atoms. The highest BCUT2D eigenvalue weighted by molar-refractivity contribution is 9.10. The molecule has 0 aliphatic heterocycles. The van der Waals surface area contributed by atoms with E-state index in [0.717, 1.165) is 23.1 Å². The fraction of sp³-hybridized carbons (Fsp3) is 0.455. The van der Waals surface area contributed by atoms with E-state index in [0.29, 0.717) is 11.5 Å². The maximum absolute atomic E-state index is 5.88. The Bertz CT molecular complexity index is 334. The van der Waals surface area contributed by atoms with Crippen molar-refractivity contribution in [3.8, 4) is 5.75 Å². The van der Waals surface area contributed by atoms with E-state index in [9.17, 15) is 0 Å². The smallest absolute Gasteiger partial charge is 0.133 e. The summed E-state index contributed by atoms with van der Waals surface area (Å²) in [6.07, 6.45) is 2.22. The lowest BCUT2D eigenvalue weighted by molar-refractivity contribution is 0.123. The van der Waals surface area contributed by atoms with Gasteiger partial charge in [-0.05, 0) is 40.5 Å². The van der Waals surface area contributed by atoms with Gasteiger partial charge < -0.3 is 4.74 Å². The van der Waals surface area contributed by atoms with E-state index in [2.05, 4.69) is 35.0 Å². The zero-order valence-corrected chi connectivity index (χ0v) is 10.3. The second-order valence-corrected chi connectivity index (χ2v) is 5.21. The molecule has 0 radical (unpaired) electrons. The van der Waals surface area contributed by atoms with Gasteiger partial charge in [0.25, 0.3) is 0 Å².